The first kappa shape index (κ1) is 17.4. The normalized spacial score (nSPS) is 10.1. The van der Waals surface area contributed by atoms with E-state index in [1.807, 2.05) is 0 Å². The van der Waals surface area contributed by atoms with Crippen LogP contribution in [0.1, 0.15) is 0 Å². The smallest absolute Gasteiger partial charge is 0.247 e. The van der Waals surface area contributed by atoms with Crippen LogP contribution in [0.25, 0.3) is 0 Å². The van der Waals surface area contributed by atoms with E-state index >= 15 is 0 Å². The Morgan fingerprint density at radius 1 is 1.50 bits per heavy atom. The lowest BCUT2D eigenvalue weighted by atomic mass is 10.3. The first-order chi connectivity index (χ1) is 8.04. The molecule has 1 aromatic carbocycles. The number of nitrogens with one attached hydrogen (secondary N) is 1. The number of anilines is 1. The van der Waals surface area contributed by atoms with Crippen LogP contribution in [0.5, 0.6) is 0 Å². The number of amides is 1. The summed E-state index contributed by atoms with van der Waals surface area (Å²) in [6, 6.07) is 4.79. The van der Waals surface area contributed by atoms with Crippen LogP contribution in [0.4, 0.5) is 14.5 Å². The Hall–Kier alpha value is -0.560. The second-order valence-electron chi connectivity index (χ2n) is 3.07. The number of benzene rings is 1. The molecule has 0 unspecified atom stereocenters. The lowest BCUT2D eigenvalue weighted by Gasteiger charge is -2.11. The van der Waals surface area contributed by atoms with E-state index in [4.69, 9.17) is 17.3 Å². The molecule has 18 heavy (non-hydrogen) atoms. The van der Waals surface area contributed by atoms with E-state index in [0.717, 1.165) is 11.8 Å². The summed E-state index contributed by atoms with van der Waals surface area (Å²) < 4.78 is 24.3. The minimum Gasteiger partial charge on any atom is -0.324 e. The van der Waals surface area contributed by atoms with Gasteiger partial charge in [-0.05, 0) is 12.1 Å². The van der Waals surface area contributed by atoms with E-state index in [-0.39, 0.29) is 24.7 Å². The highest BCUT2D eigenvalue weighted by Gasteiger charge is 2.12. The van der Waals surface area contributed by atoms with Crippen LogP contribution < -0.4 is 11.1 Å². The number of halogens is 4. The number of carbonyl (C=O) groups excluding carboxylic acids is 1. The highest BCUT2D eigenvalue weighted by Crippen LogP contribution is 2.34. The highest BCUT2D eigenvalue weighted by atomic mass is 35.5. The standard InChI is InChI=1S/C10H11ClF2N2OS.ClH/c11-6-2-1-3-7(15-9(16)4-14)10(6)17-5-8(12)13;/h1-3,8H,4-5,14H2,(H,15,16);1H. The highest BCUT2D eigenvalue weighted by molar-refractivity contribution is 7.99. The van der Waals surface area contributed by atoms with Gasteiger partial charge < -0.3 is 11.1 Å². The Morgan fingerprint density at radius 3 is 2.72 bits per heavy atom. The lowest BCUT2D eigenvalue weighted by molar-refractivity contribution is -0.114. The van der Waals surface area contributed by atoms with Crippen molar-refractivity contribution in [2.75, 3.05) is 17.6 Å². The molecule has 0 radical (unpaired) electrons. The number of nitrogens with two attached hydrogens (primary N) is 1. The maximum Gasteiger partial charge on any atom is 0.247 e. The largest absolute Gasteiger partial charge is 0.324 e. The molecule has 0 atom stereocenters. The predicted molar refractivity (Wildman–Crippen MR) is 73.1 cm³/mol. The van der Waals surface area contributed by atoms with Crippen LogP contribution in [-0.2, 0) is 4.79 Å². The van der Waals surface area contributed by atoms with Gasteiger partial charge in [-0.2, -0.15) is 0 Å². The van der Waals surface area contributed by atoms with Crippen LogP contribution in [0.2, 0.25) is 5.02 Å². The van der Waals surface area contributed by atoms with Gasteiger partial charge in [0.05, 0.1) is 23.0 Å². The average molecular weight is 317 g/mol. The lowest BCUT2D eigenvalue weighted by Crippen LogP contribution is -2.22. The first-order valence-corrected chi connectivity index (χ1v) is 6.10. The molecule has 0 heterocycles. The van der Waals surface area contributed by atoms with Gasteiger partial charge in [0.2, 0.25) is 12.3 Å². The van der Waals surface area contributed by atoms with Gasteiger partial charge in [-0.25, -0.2) is 8.78 Å². The van der Waals surface area contributed by atoms with Crippen LogP contribution in [0.15, 0.2) is 23.1 Å². The van der Waals surface area contributed by atoms with E-state index < -0.39 is 12.3 Å². The summed E-state index contributed by atoms with van der Waals surface area (Å²) in [5, 5.41) is 2.84. The zero-order valence-corrected chi connectivity index (χ0v) is 11.5. The van der Waals surface area contributed by atoms with Crippen molar-refractivity contribution in [2.45, 2.75) is 11.3 Å². The fraction of sp³-hybridized carbons (Fsp3) is 0.300. The quantitative estimate of drug-likeness (QED) is 0.821. The molecule has 0 aliphatic carbocycles. The van der Waals surface area contributed by atoms with Gasteiger partial charge in [-0.15, -0.1) is 24.2 Å². The van der Waals surface area contributed by atoms with Crippen molar-refractivity contribution in [2.24, 2.45) is 5.73 Å². The molecule has 0 aliphatic heterocycles. The van der Waals surface area contributed by atoms with Crippen molar-refractivity contribution in [1.82, 2.24) is 0 Å². The summed E-state index contributed by atoms with van der Waals surface area (Å²) in [7, 11) is 0. The van der Waals surface area contributed by atoms with Crippen LogP contribution in [0, 0.1) is 0 Å². The third-order valence-electron chi connectivity index (χ3n) is 1.78. The molecule has 102 valence electrons. The van der Waals surface area contributed by atoms with Crippen LogP contribution in [-0.4, -0.2) is 24.6 Å². The molecule has 0 saturated carbocycles. The Kier molecular flexibility index (Phi) is 8.26. The molecular weight excluding hydrogens is 305 g/mol. The topological polar surface area (TPSA) is 55.1 Å². The Balaban J connectivity index is 0.00000289. The SMILES string of the molecule is Cl.NCC(=O)Nc1cccc(Cl)c1SCC(F)F. The summed E-state index contributed by atoms with van der Waals surface area (Å²) >= 11 is 6.79. The Labute approximate surface area is 119 Å². The second kappa shape index (κ2) is 8.53. The summed E-state index contributed by atoms with van der Waals surface area (Å²) in [5.41, 5.74) is 5.56. The molecule has 1 rings (SSSR count). The third kappa shape index (κ3) is 5.39. The summed E-state index contributed by atoms with van der Waals surface area (Å²) in [5.74, 6) is -0.777. The van der Waals surface area contributed by atoms with Gasteiger partial charge in [-0.1, -0.05) is 17.7 Å². The van der Waals surface area contributed by atoms with E-state index in [1.54, 1.807) is 18.2 Å². The molecule has 0 spiro atoms. The van der Waals surface area contributed by atoms with Crippen molar-refractivity contribution in [3.05, 3.63) is 23.2 Å². The number of hydrogen-bond donors (Lipinski definition) is 2. The van der Waals surface area contributed by atoms with Crippen molar-refractivity contribution in [1.29, 1.82) is 0 Å². The van der Waals surface area contributed by atoms with Crippen LogP contribution >= 0.6 is 35.8 Å². The Morgan fingerprint density at radius 2 is 2.17 bits per heavy atom. The molecule has 0 fully saturated rings. The molecule has 0 bridgehead atoms. The summed E-state index contributed by atoms with van der Waals surface area (Å²) in [4.78, 5) is 11.6. The minimum atomic E-state index is -2.44. The number of carbonyl (C=O) groups is 1. The van der Waals surface area contributed by atoms with Crippen LogP contribution in [0.3, 0.4) is 0 Å². The zero-order chi connectivity index (χ0) is 12.8. The van der Waals surface area contributed by atoms with Gasteiger partial charge in [0.1, 0.15) is 0 Å². The monoisotopic (exact) mass is 316 g/mol. The molecule has 1 aromatic rings. The van der Waals surface area contributed by atoms with Gasteiger partial charge >= 0.3 is 0 Å². The Bertz CT molecular complexity index is 407. The maximum absolute atomic E-state index is 12.1. The van der Waals surface area contributed by atoms with Gasteiger partial charge in [-0.3, -0.25) is 4.79 Å². The van der Waals surface area contributed by atoms with E-state index in [1.165, 1.54) is 0 Å². The number of hydrogen-bond acceptors (Lipinski definition) is 3. The van der Waals surface area contributed by atoms with Crippen molar-refractivity contribution in [3.63, 3.8) is 0 Å². The molecule has 0 aliphatic rings. The predicted octanol–water partition coefficient (Wildman–Crippen LogP) is 3.02. The number of alkyl halides is 2. The molecule has 0 aromatic heterocycles. The van der Waals surface area contributed by atoms with E-state index in [9.17, 15) is 13.6 Å². The third-order valence-corrected chi connectivity index (χ3v) is 3.35. The number of rotatable bonds is 5. The minimum absolute atomic E-state index is 0. The van der Waals surface area contributed by atoms with Crippen molar-refractivity contribution < 1.29 is 13.6 Å². The average Bonchev–Trinajstić information content (AvgIpc) is 2.27. The summed E-state index contributed by atoms with van der Waals surface area (Å²) in [6.07, 6.45) is -2.44. The van der Waals surface area contributed by atoms with Crippen molar-refractivity contribution >= 4 is 47.4 Å². The fourth-order valence-corrected chi connectivity index (χ4v) is 2.21. The zero-order valence-electron chi connectivity index (χ0n) is 9.16. The molecular formula is C10H12Cl2F2N2OS. The summed E-state index contributed by atoms with van der Waals surface area (Å²) in [6.45, 7) is -0.175. The molecule has 8 heteroatoms. The first-order valence-electron chi connectivity index (χ1n) is 4.74. The molecule has 3 N–H and O–H groups in total. The molecule has 3 nitrogen and oxygen atoms in total. The van der Waals surface area contributed by atoms with E-state index in [2.05, 4.69) is 5.32 Å². The van der Waals surface area contributed by atoms with Crippen molar-refractivity contribution in [3.8, 4) is 0 Å². The van der Waals surface area contributed by atoms with Gasteiger partial charge in [0.15, 0.2) is 0 Å². The van der Waals surface area contributed by atoms with E-state index in [0.29, 0.717) is 15.6 Å². The molecule has 0 saturated heterocycles. The van der Waals surface area contributed by atoms with Gasteiger partial charge in [0, 0.05) is 4.90 Å². The number of thioether (sulfide) groups is 1. The van der Waals surface area contributed by atoms with Gasteiger partial charge in [0.25, 0.3) is 0 Å². The molecule has 1 amide bonds. The maximum atomic E-state index is 12.1. The second-order valence-corrected chi connectivity index (χ2v) is 4.51. The fourth-order valence-electron chi connectivity index (χ4n) is 1.10.